The second-order valence-corrected chi connectivity index (χ2v) is 3.22. The minimum Gasteiger partial charge on any atom is -0.508 e. The van der Waals surface area contributed by atoms with E-state index >= 15 is 0 Å². The van der Waals surface area contributed by atoms with E-state index < -0.39 is 18.1 Å². The first kappa shape index (κ1) is 12.3. The van der Waals surface area contributed by atoms with Gasteiger partial charge in [0.2, 0.25) is 5.91 Å². The normalized spacial score (nSPS) is 14.2. The standard InChI is InChI=1S/C10H13NO5/c1-16-7-4-5(12)2-3-6(7)8(13)9(14)10(11)15/h2-4,8-9,12-14H,1H3,(H2,11,15). The van der Waals surface area contributed by atoms with Gasteiger partial charge in [-0.3, -0.25) is 4.79 Å². The van der Waals surface area contributed by atoms with Crippen LogP contribution in [-0.2, 0) is 4.79 Å². The molecule has 1 aromatic carbocycles. The van der Waals surface area contributed by atoms with Crippen molar-refractivity contribution in [2.24, 2.45) is 5.73 Å². The highest BCUT2D eigenvalue weighted by Gasteiger charge is 2.26. The van der Waals surface area contributed by atoms with Gasteiger partial charge in [0.1, 0.15) is 17.6 Å². The Morgan fingerprint density at radius 2 is 2.06 bits per heavy atom. The molecular weight excluding hydrogens is 214 g/mol. The summed E-state index contributed by atoms with van der Waals surface area (Å²) >= 11 is 0. The maximum Gasteiger partial charge on any atom is 0.249 e. The minimum absolute atomic E-state index is 0.0543. The van der Waals surface area contributed by atoms with Crippen LogP contribution in [0.4, 0.5) is 0 Å². The molecule has 1 aromatic rings. The summed E-state index contributed by atoms with van der Waals surface area (Å²) in [6.07, 6.45) is -3.22. The lowest BCUT2D eigenvalue weighted by molar-refractivity contribution is -0.132. The third kappa shape index (κ3) is 2.41. The summed E-state index contributed by atoms with van der Waals surface area (Å²) < 4.78 is 4.89. The second-order valence-electron chi connectivity index (χ2n) is 3.22. The molecule has 0 heterocycles. The Morgan fingerprint density at radius 1 is 1.44 bits per heavy atom. The number of hydrogen-bond acceptors (Lipinski definition) is 5. The number of amides is 1. The summed E-state index contributed by atoms with van der Waals surface area (Å²) in [6, 6.07) is 3.89. The smallest absolute Gasteiger partial charge is 0.249 e. The van der Waals surface area contributed by atoms with Crippen LogP contribution in [0.2, 0.25) is 0 Å². The van der Waals surface area contributed by atoms with Gasteiger partial charge in [-0.25, -0.2) is 0 Å². The first-order valence-electron chi connectivity index (χ1n) is 4.49. The van der Waals surface area contributed by atoms with Crippen molar-refractivity contribution in [1.82, 2.24) is 0 Å². The summed E-state index contributed by atoms with van der Waals surface area (Å²) in [6.45, 7) is 0. The molecule has 6 heteroatoms. The van der Waals surface area contributed by atoms with Crippen molar-refractivity contribution in [3.8, 4) is 11.5 Å². The van der Waals surface area contributed by atoms with Gasteiger partial charge in [0, 0.05) is 11.6 Å². The second kappa shape index (κ2) is 4.82. The maximum atomic E-state index is 10.7. The zero-order chi connectivity index (χ0) is 12.3. The number of ether oxygens (including phenoxy) is 1. The van der Waals surface area contributed by atoms with E-state index in [0.29, 0.717) is 0 Å². The zero-order valence-corrected chi connectivity index (χ0v) is 8.62. The molecule has 0 radical (unpaired) electrons. The third-order valence-electron chi connectivity index (χ3n) is 2.13. The molecule has 0 bridgehead atoms. The lowest BCUT2D eigenvalue weighted by Crippen LogP contribution is -2.34. The summed E-state index contributed by atoms with van der Waals surface area (Å²) in [5.41, 5.74) is 5.03. The Bertz CT molecular complexity index is 393. The van der Waals surface area contributed by atoms with Gasteiger partial charge in [-0.05, 0) is 12.1 Å². The first-order valence-corrected chi connectivity index (χ1v) is 4.49. The van der Waals surface area contributed by atoms with Crippen LogP contribution < -0.4 is 10.5 Å². The fraction of sp³-hybridized carbons (Fsp3) is 0.300. The number of carbonyl (C=O) groups excluding carboxylic acids is 1. The molecule has 0 saturated carbocycles. The predicted octanol–water partition coefficient (Wildman–Crippen LogP) is -0.720. The molecule has 1 amide bonds. The SMILES string of the molecule is COc1cc(O)ccc1C(O)C(O)C(N)=O. The van der Waals surface area contributed by atoms with Gasteiger partial charge in [-0.15, -0.1) is 0 Å². The Hall–Kier alpha value is -1.79. The Kier molecular flexibility index (Phi) is 3.70. The van der Waals surface area contributed by atoms with Crippen molar-refractivity contribution in [1.29, 1.82) is 0 Å². The number of nitrogens with two attached hydrogens (primary N) is 1. The van der Waals surface area contributed by atoms with Crippen molar-refractivity contribution in [3.05, 3.63) is 23.8 Å². The van der Waals surface area contributed by atoms with Crippen molar-refractivity contribution in [3.63, 3.8) is 0 Å². The van der Waals surface area contributed by atoms with E-state index in [1.807, 2.05) is 0 Å². The summed E-state index contributed by atoms with van der Waals surface area (Å²) in [7, 11) is 1.33. The molecule has 88 valence electrons. The molecule has 5 N–H and O–H groups in total. The topological polar surface area (TPSA) is 113 Å². The van der Waals surface area contributed by atoms with Gasteiger partial charge < -0.3 is 25.8 Å². The van der Waals surface area contributed by atoms with Crippen molar-refractivity contribution in [2.75, 3.05) is 7.11 Å². The third-order valence-corrected chi connectivity index (χ3v) is 2.13. The van der Waals surface area contributed by atoms with Crippen LogP contribution in [-0.4, -0.2) is 34.4 Å². The molecule has 16 heavy (non-hydrogen) atoms. The maximum absolute atomic E-state index is 10.7. The summed E-state index contributed by atoms with van der Waals surface area (Å²) in [5, 5.41) is 28.1. The number of aliphatic hydroxyl groups excluding tert-OH is 2. The molecule has 0 saturated heterocycles. The molecule has 0 aliphatic carbocycles. The highest BCUT2D eigenvalue weighted by Crippen LogP contribution is 2.30. The molecular formula is C10H13NO5. The Labute approximate surface area is 91.9 Å². The number of phenols is 1. The van der Waals surface area contributed by atoms with Crippen molar-refractivity contribution < 1.29 is 24.9 Å². The number of rotatable bonds is 4. The van der Waals surface area contributed by atoms with Crippen LogP contribution in [0.5, 0.6) is 11.5 Å². The number of hydrogen-bond donors (Lipinski definition) is 4. The first-order chi connectivity index (χ1) is 7.47. The number of phenolic OH excluding ortho intramolecular Hbond substituents is 1. The van der Waals surface area contributed by atoms with Crippen LogP contribution in [0.25, 0.3) is 0 Å². The predicted molar refractivity (Wildman–Crippen MR) is 54.8 cm³/mol. The number of carbonyl (C=O) groups is 1. The van der Waals surface area contributed by atoms with E-state index in [2.05, 4.69) is 0 Å². The molecule has 2 atom stereocenters. The van der Waals surface area contributed by atoms with E-state index in [9.17, 15) is 20.1 Å². The van der Waals surface area contributed by atoms with Crippen LogP contribution in [0.1, 0.15) is 11.7 Å². The fourth-order valence-electron chi connectivity index (χ4n) is 1.27. The lowest BCUT2D eigenvalue weighted by Gasteiger charge is -2.17. The van der Waals surface area contributed by atoms with Gasteiger partial charge in [0.25, 0.3) is 0 Å². The van der Waals surface area contributed by atoms with E-state index in [-0.39, 0.29) is 17.1 Å². The molecule has 6 nitrogen and oxygen atoms in total. The fourth-order valence-corrected chi connectivity index (χ4v) is 1.27. The van der Waals surface area contributed by atoms with E-state index in [1.54, 1.807) is 0 Å². The molecule has 0 aliphatic heterocycles. The van der Waals surface area contributed by atoms with Gasteiger partial charge in [0.05, 0.1) is 7.11 Å². The van der Waals surface area contributed by atoms with Crippen LogP contribution in [0.3, 0.4) is 0 Å². The summed E-state index contributed by atoms with van der Waals surface area (Å²) in [4.78, 5) is 10.7. The molecule has 0 fully saturated rings. The van der Waals surface area contributed by atoms with E-state index in [1.165, 1.54) is 25.3 Å². The Morgan fingerprint density at radius 3 is 2.56 bits per heavy atom. The van der Waals surface area contributed by atoms with Gasteiger partial charge in [-0.1, -0.05) is 0 Å². The summed E-state index contributed by atoms with van der Waals surface area (Å²) in [5.74, 6) is -0.934. The van der Waals surface area contributed by atoms with Gasteiger partial charge in [-0.2, -0.15) is 0 Å². The number of primary amides is 1. The minimum atomic E-state index is -1.72. The lowest BCUT2D eigenvalue weighted by atomic mass is 10.0. The number of methoxy groups -OCH3 is 1. The van der Waals surface area contributed by atoms with Crippen LogP contribution in [0, 0.1) is 0 Å². The quantitative estimate of drug-likeness (QED) is 0.542. The number of benzene rings is 1. The molecule has 0 aliphatic rings. The van der Waals surface area contributed by atoms with Gasteiger partial charge >= 0.3 is 0 Å². The van der Waals surface area contributed by atoms with Crippen molar-refractivity contribution in [2.45, 2.75) is 12.2 Å². The van der Waals surface area contributed by atoms with E-state index in [0.717, 1.165) is 0 Å². The zero-order valence-electron chi connectivity index (χ0n) is 8.62. The number of aromatic hydroxyl groups is 1. The highest BCUT2D eigenvalue weighted by molar-refractivity contribution is 5.79. The highest BCUT2D eigenvalue weighted by atomic mass is 16.5. The molecule has 1 rings (SSSR count). The van der Waals surface area contributed by atoms with Gasteiger partial charge in [0.15, 0.2) is 6.10 Å². The Balaban J connectivity index is 3.07. The van der Waals surface area contributed by atoms with Crippen LogP contribution >= 0.6 is 0 Å². The molecule has 0 spiro atoms. The average molecular weight is 227 g/mol. The van der Waals surface area contributed by atoms with Crippen LogP contribution in [0.15, 0.2) is 18.2 Å². The molecule has 2 unspecified atom stereocenters. The number of aliphatic hydroxyl groups is 2. The molecule has 0 aromatic heterocycles. The van der Waals surface area contributed by atoms with Crippen molar-refractivity contribution >= 4 is 5.91 Å². The average Bonchev–Trinajstić information content (AvgIpc) is 2.26. The largest absolute Gasteiger partial charge is 0.508 e. The van der Waals surface area contributed by atoms with E-state index in [4.69, 9.17) is 10.5 Å². The monoisotopic (exact) mass is 227 g/mol.